The van der Waals surface area contributed by atoms with Gasteiger partial charge in [-0.05, 0) is 20.5 Å². The van der Waals surface area contributed by atoms with E-state index in [2.05, 4.69) is 9.80 Å². The number of rotatable bonds is 5. The molecular weight excluding hydrogens is 204 g/mol. The molecule has 1 aliphatic heterocycles. The number of likely N-dealkylation sites (tertiary alicyclic amines) is 1. The number of nitrogens with two attached hydrogens (primary N) is 1. The van der Waals surface area contributed by atoms with Crippen LogP contribution >= 0.6 is 0 Å². The molecule has 0 aromatic rings. The highest BCUT2D eigenvalue weighted by atomic mass is 16.3. The molecule has 1 fully saturated rings. The molecular formula is C11H24N4O. The minimum atomic E-state index is -0.232. The molecule has 0 amide bonds. The molecule has 5 nitrogen and oxygen atoms in total. The van der Waals surface area contributed by atoms with Gasteiger partial charge in [0.1, 0.15) is 0 Å². The van der Waals surface area contributed by atoms with Gasteiger partial charge in [-0.1, -0.05) is 6.92 Å². The Morgan fingerprint density at radius 3 is 2.75 bits per heavy atom. The standard InChI is InChI=1S/C11H24N4O/c1-8(11(12)13)5-15-7-10(16)4-9(15)6-14(2)3/h8-10,16H,4-7H2,1-3H3,(H3,12,13). The minimum absolute atomic E-state index is 0.0648. The maximum absolute atomic E-state index is 9.69. The SMILES string of the molecule is CC(CN1CC(O)CC1CN(C)C)C(=N)N. The lowest BCUT2D eigenvalue weighted by Crippen LogP contribution is -2.42. The van der Waals surface area contributed by atoms with E-state index < -0.39 is 0 Å². The number of amidine groups is 1. The first-order valence-electron chi connectivity index (χ1n) is 5.81. The number of hydrogen-bond acceptors (Lipinski definition) is 4. The van der Waals surface area contributed by atoms with Gasteiger partial charge >= 0.3 is 0 Å². The Hall–Kier alpha value is -0.650. The topological polar surface area (TPSA) is 76.6 Å². The van der Waals surface area contributed by atoms with Gasteiger partial charge in [0, 0.05) is 31.6 Å². The molecule has 3 atom stereocenters. The number of aliphatic hydroxyl groups excluding tert-OH is 1. The zero-order valence-electron chi connectivity index (χ0n) is 10.5. The Morgan fingerprint density at radius 1 is 1.62 bits per heavy atom. The lowest BCUT2D eigenvalue weighted by Gasteiger charge is -2.28. The van der Waals surface area contributed by atoms with Crippen molar-refractivity contribution >= 4 is 5.84 Å². The molecule has 0 radical (unpaired) electrons. The van der Waals surface area contributed by atoms with Crippen molar-refractivity contribution in [3.63, 3.8) is 0 Å². The highest BCUT2D eigenvalue weighted by Gasteiger charge is 2.32. The summed E-state index contributed by atoms with van der Waals surface area (Å²) in [5.41, 5.74) is 5.48. The lowest BCUT2D eigenvalue weighted by atomic mass is 10.1. The summed E-state index contributed by atoms with van der Waals surface area (Å²) in [7, 11) is 4.08. The van der Waals surface area contributed by atoms with Crippen LogP contribution in [0, 0.1) is 11.3 Å². The number of nitrogens with one attached hydrogen (secondary N) is 1. The van der Waals surface area contributed by atoms with Crippen LogP contribution in [0.3, 0.4) is 0 Å². The van der Waals surface area contributed by atoms with Crippen molar-refractivity contribution in [2.24, 2.45) is 11.7 Å². The molecule has 1 heterocycles. The lowest BCUT2D eigenvalue weighted by molar-refractivity contribution is 0.168. The summed E-state index contributed by atoms with van der Waals surface area (Å²) in [6, 6.07) is 0.381. The van der Waals surface area contributed by atoms with Crippen molar-refractivity contribution in [1.29, 1.82) is 5.41 Å². The third-order valence-electron chi connectivity index (χ3n) is 3.12. The summed E-state index contributed by atoms with van der Waals surface area (Å²) in [6.45, 7) is 4.38. The normalized spacial score (nSPS) is 28.6. The second-order valence-electron chi connectivity index (χ2n) is 5.12. The second-order valence-corrected chi connectivity index (χ2v) is 5.12. The van der Waals surface area contributed by atoms with Crippen molar-refractivity contribution in [3.8, 4) is 0 Å². The molecule has 0 saturated carbocycles. The Labute approximate surface area is 97.7 Å². The van der Waals surface area contributed by atoms with Gasteiger partial charge in [0.25, 0.3) is 0 Å². The molecule has 94 valence electrons. The van der Waals surface area contributed by atoms with Gasteiger partial charge in [-0.3, -0.25) is 10.3 Å². The third kappa shape index (κ3) is 3.73. The Bertz CT molecular complexity index is 244. The molecule has 0 spiro atoms. The van der Waals surface area contributed by atoms with Gasteiger partial charge < -0.3 is 15.7 Å². The van der Waals surface area contributed by atoms with Gasteiger partial charge in [0.15, 0.2) is 0 Å². The predicted molar refractivity (Wildman–Crippen MR) is 65.6 cm³/mol. The van der Waals surface area contributed by atoms with Crippen LogP contribution in [0.25, 0.3) is 0 Å². The predicted octanol–water partition coefficient (Wildman–Crippen LogP) is -0.445. The van der Waals surface area contributed by atoms with Gasteiger partial charge in [0.05, 0.1) is 11.9 Å². The number of likely N-dealkylation sites (N-methyl/N-ethyl adjacent to an activating group) is 1. The quantitative estimate of drug-likeness (QED) is 0.440. The minimum Gasteiger partial charge on any atom is -0.392 e. The summed E-state index contributed by atoms with van der Waals surface area (Å²) in [5, 5.41) is 17.1. The van der Waals surface area contributed by atoms with Gasteiger partial charge in [-0.25, -0.2) is 0 Å². The van der Waals surface area contributed by atoms with Crippen LogP contribution in [0.4, 0.5) is 0 Å². The molecule has 4 N–H and O–H groups in total. The molecule has 1 saturated heterocycles. The van der Waals surface area contributed by atoms with Gasteiger partial charge in [-0.15, -0.1) is 0 Å². The van der Waals surface area contributed by atoms with Crippen molar-refractivity contribution in [2.75, 3.05) is 33.7 Å². The molecule has 1 aliphatic rings. The first-order valence-corrected chi connectivity index (χ1v) is 5.81. The van der Waals surface area contributed by atoms with E-state index in [0.29, 0.717) is 12.6 Å². The number of nitrogens with zero attached hydrogens (tertiary/aromatic N) is 2. The van der Waals surface area contributed by atoms with E-state index in [-0.39, 0.29) is 17.9 Å². The number of hydrogen-bond donors (Lipinski definition) is 3. The van der Waals surface area contributed by atoms with Crippen molar-refractivity contribution in [3.05, 3.63) is 0 Å². The van der Waals surface area contributed by atoms with Crippen molar-refractivity contribution < 1.29 is 5.11 Å². The fourth-order valence-electron chi connectivity index (χ4n) is 2.24. The summed E-state index contributed by atoms with van der Waals surface area (Å²) in [4.78, 5) is 4.38. The van der Waals surface area contributed by atoms with E-state index in [1.807, 2.05) is 21.0 Å². The van der Waals surface area contributed by atoms with Gasteiger partial charge in [-0.2, -0.15) is 0 Å². The smallest absolute Gasteiger partial charge is 0.0947 e. The first kappa shape index (κ1) is 13.4. The van der Waals surface area contributed by atoms with Crippen LogP contribution < -0.4 is 5.73 Å². The molecule has 1 rings (SSSR count). The number of β-amino-alcohol motifs (C(OH)–C–C–N with tert-alkyl or cyclic N) is 1. The van der Waals surface area contributed by atoms with E-state index in [9.17, 15) is 5.11 Å². The fraction of sp³-hybridized carbons (Fsp3) is 0.909. The summed E-state index contributed by atoms with van der Waals surface area (Å²) < 4.78 is 0. The van der Waals surface area contributed by atoms with Crippen LogP contribution in [0.1, 0.15) is 13.3 Å². The highest BCUT2D eigenvalue weighted by Crippen LogP contribution is 2.19. The first-order chi connectivity index (χ1) is 7.40. The Morgan fingerprint density at radius 2 is 2.25 bits per heavy atom. The van der Waals surface area contributed by atoms with E-state index in [1.165, 1.54) is 0 Å². The van der Waals surface area contributed by atoms with Gasteiger partial charge in [0.2, 0.25) is 0 Å². The monoisotopic (exact) mass is 228 g/mol. The van der Waals surface area contributed by atoms with E-state index in [1.54, 1.807) is 0 Å². The molecule has 16 heavy (non-hydrogen) atoms. The highest BCUT2D eigenvalue weighted by molar-refractivity contribution is 5.79. The molecule has 5 heteroatoms. The second kappa shape index (κ2) is 5.61. The third-order valence-corrected chi connectivity index (χ3v) is 3.12. The summed E-state index contributed by atoms with van der Waals surface area (Å²) in [6.07, 6.45) is 0.590. The Balaban J connectivity index is 2.52. The van der Waals surface area contributed by atoms with Crippen LogP contribution in [0.15, 0.2) is 0 Å². The average molecular weight is 228 g/mol. The zero-order chi connectivity index (χ0) is 12.3. The summed E-state index contributed by atoms with van der Waals surface area (Å²) in [5.74, 6) is 0.292. The zero-order valence-corrected chi connectivity index (χ0v) is 10.5. The van der Waals surface area contributed by atoms with E-state index in [4.69, 9.17) is 11.1 Å². The van der Waals surface area contributed by atoms with Crippen molar-refractivity contribution in [2.45, 2.75) is 25.5 Å². The molecule has 3 unspecified atom stereocenters. The molecule has 0 aliphatic carbocycles. The van der Waals surface area contributed by atoms with Crippen LogP contribution in [0.2, 0.25) is 0 Å². The van der Waals surface area contributed by atoms with E-state index >= 15 is 0 Å². The maximum atomic E-state index is 9.69. The van der Waals surface area contributed by atoms with Crippen LogP contribution in [0.5, 0.6) is 0 Å². The van der Waals surface area contributed by atoms with Crippen molar-refractivity contribution in [1.82, 2.24) is 9.80 Å². The molecule has 0 aromatic heterocycles. The number of aliphatic hydroxyl groups is 1. The maximum Gasteiger partial charge on any atom is 0.0947 e. The van der Waals surface area contributed by atoms with Crippen LogP contribution in [-0.4, -0.2) is 66.6 Å². The molecule has 0 bridgehead atoms. The molecule has 0 aromatic carbocycles. The Kier molecular flexibility index (Phi) is 4.70. The fourth-order valence-corrected chi connectivity index (χ4v) is 2.24. The average Bonchev–Trinajstić information content (AvgIpc) is 2.45. The van der Waals surface area contributed by atoms with E-state index in [0.717, 1.165) is 19.5 Å². The summed E-state index contributed by atoms with van der Waals surface area (Å²) >= 11 is 0. The largest absolute Gasteiger partial charge is 0.392 e. The van der Waals surface area contributed by atoms with Crippen LogP contribution in [-0.2, 0) is 0 Å².